The molecule has 0 spiro atoms. The van der Waals surface area contributed by atoms with Crippen LogP contribution >= 0.6 is 0 Å². The topological polar surface area (TPSA) is 71.5 Å². The van der Waals surface area contributed by atoms with Gasteiger partial charge in [0.1, 0.15) is 5.75 Å². The van der Waals surface area contributed by atoms with Crippen molar-refractivity contribution in [1.29, 1.82) is 0 Å². The second-order valence-corrected chi connectivity index (χ2v) is 6.99. The van der Waals surface area contributed by atoms with E-state index in [1.807, 2.05) is 29.2 Å². The highest BCUT2D eigenvalue weighted by Crippen LogP contribution is 2.18. The molecule has 0 radical (unpaired) electrons. The van der Waals surface area contributed by atoms with Crippen LogP contribution in [0.5, 0.6) is 5.75 Å². The second-order valence-electron chi connectivity index (χ2n) is 6.99. The number of ether oxygens (including phenoxy) is 1. The summed E-state index contributed by atoms with van der Waals surface area (Å²) in [5.41, 5.74) is 1.81. The average Bonchev–Trinajstić information content (AvgIpc) is 2.72. The molecular weight excluding hydrogens is 342 g/mol. The standard InChI is InChI=1S/C21H25N3O3/c1-15-4-3-9-24(14-15)21(26)18-10-17(12-22-13-18)20(25)23-11-16-5-7-19(27-2)8-6-16/h5-8,10,12-13,15H,3-4,9,11,14H2,1-2H3,(H,23,25). The Morgan fingerprint density at radius 3 is 2.67 bits per heavy atom. The number of piperidine rings is 1. The number of carbonyl (C=O) groups excluding carboxylic acids is 2. The molecule has 2 aromatic rings. The van der Waals surface area contributed by atoms with Crippen LogP contribution in [0.2, 0.25) is 0 Å². The molecule has 1 atom stereocenters. The van der Waals surface area contributed by atoms with Crippen molar-refractivity contribution < 1.29 is 14.3 Å². The van der Waals surface area contributed by atoms with E-state index in [1.165, 1.54) is 12.4 Å². The van der Waals surface area contributed by atoms with Crippen LogP contribution in [0.3, 0.4) is 0 Å². The minimum Gasteiger partial charge on any atom is -0.497 e. The van der Waals surface area contributed by atoms with Crippen LogP contribution in [0.4, 0.5) is 0 Å². The Morgan fingerprint density at radius 1 is 1.22 bits per heavy atom. The Hall–Kier alpha value is -2.89. The molecule has 0 bridgehead atoms. The van der Waals surface area contributed by atoms with Crippen LogP contribution in [0.15, 0.2) is 42.7 Å². The van der Waals surface area contributed by atoms with Gasteiger partial charge in [0.2, 0.25) is 0 Å². The van der Waals surface area contributed by atoms with E-state index in [0.717, 1.165) is 37.2 Å². The number of carbonyl (C=O) groups is 2. The van der Waals surface area contributed by atoms with Crippen molar-refractivity contribution in [2.75, 3.05) is 20.2 Å². The fourth-order valence-electron chi connectivity index (χ4n) is 3.27. The van der Waals surface area contributed by atoms with Crippen molar-refractivity contribution >= 4 is 11.8 Å². The Balaban J connectivity index is 1.63. The summed E-state index contributed by atoms with van der Waals surface area (Å²) in [6.45, 7) is 4.06. The third-order valence-corrected chi connectivity index (χ3v) is 4.80. The number of amides is 2. The predicted molar refractivity (Wildman–Crippen MR) is 103 cm³/mol. The molecule has 142 valence electrons. The maximum atomic E-state index is 12.7. The van der Waals surface area contributed by atoms with Gasteiger partial charge in [-0.05, 0) is 42.5 Å². The number of hydrogen-bond acceptors (Lipinski definition) is 4. The highest BCUT2D eigenvalue weighted by Gasteiger charge is 2.22. The number of benzene rings is 1. The van der Waals surface area contributed by atoms with Crippen molar-refractivity contribution in [2.45, 2.75) is 26.3 Å². The van der Waals surface area contributed by atoms with Crippen molar-refractivity contribution in [1.82, 2.24) is 15.2 Å². The molecule has 1 aliphatic rings. The first kappa shape index (κ1) is 18.9. The van der Waals surface area contributed by atoms with Gasteiger partial charge in [-0.3, -0.25) is 14.6 Å². The van der Waals surface area contributed by atoms with Crippen LogP contribution in [0, 0.1) is 5.92 Å². The van der Waals surface area contributed by atoms with Gasteiger partial charge in [-0.2, -0.15) is 0 Å². The molecule has 1 aliphatic heterocycles. The van der Waals surface area contributed by atoms with Gasteiger partial charge < -0.3 is 15.0 Å². The van der Waals surface area contributed by atoms with Gasteiger partial charge in [-0.25, -0.2) is 0 Å². The first-order valence-electron chi connectivity index (χ1n) is 9.22. The lowest BCUT2D eigenvalue weighted by Gasteiger charge is -2.30. The van der Waals surface area contributed by atoms with Gasteiger partial charge in [0.05, 0.1) is 18.2 Å². The number of methoxy groups -OCH3 is 1. The summed E-state index contributed by atoms with van der Waals surface area (Å²) in [5, 5.41) is 2.86. The highest BCUT2D eigenvalue weighted by atomic mass is 16.5. The second kappa shape index (κ2) is 8.66. The van der Waals surface area contributed by atoms with E-state index >= 15 is 0 Å². The molecule has 6 nitrogen and oxygen atoms in total. The lowest BCUT2D eigenvalue weighted by atomic mass is 9.99. The molecule has 1 aromatic heterocycles. The molecule has 2 heterocycles. The predicted octanol–water partition coefficient (Wildman–Crippen LogP) is 2.89. The molecule has 3 rings (SSSR count). The largest absolute Gasteiger partial charge is 0.497 e. The van der Waals surface area contributed by atoms with E-state index in [0.29, 0.717) is 23.6 Å². The number of aromatic nitrogens is 1. The van der Waals surface area contributed by atoms with E-state index in [4.69, 9.17) is 4.74 Å². The third kappa shape index (κ3) is 4.84. The molecule has 1 unspecified atom stereocenters. The molecule has 1 N–H and O–H groups in total. The van der Waals surface area contributed by atoms with E-state index in [1.54, 1.807) is 13.2 Å². The summed E-state index contributed by atoms with van der Waals surface area (Å²) in [6.07, 6.45) is 5.18. The smallest absolute Gasteiger partial charge is 0.255 e. The summed E-state index contributed by atoms with van der Waals surface area (Å²) in [6, 6.07) is 9.12. The van der Waals surface area contributed by atoms with Crippen LogP contribution in [0.1, 0.15) is 46.0 Å². The van der Waals surface area contributed by atoms with Crippen molar-refractivity contribution in [3.8, 4) is 5.75 Å². The Kier molecular flexibility index (Phi) is 6.06. The van der Waals surface area contributed by atoms with Crippen molar-refractivity contribution in [2.24, 2.45) is 5.92 Å². The van der Waals surface area contributed by atoms with E-state index < -0.39 is 0 Å². The molecule has 1 fully saturated rings. The Morgan fingerprint density at radius 2 is 1.96 bits per heavy atom. The zero-order chi connectivity index (χ0) is 19.2. The van der Waals surface area contributed by atoms with E-state index in [-0.39, 0.29) is 11.8 Å². The minimum atomic E-state index is -0.250. The van der Waals surface area contributed by atoms with Crippen molar-refractivity contribution in [3.63, 3.8) is 0 Å². The summed E-state index contributed by atoms with van der Waals surface area (Å²) in [7, 11) is 1.61. The van der Waals surface area contributed by atoms with Gasteiger partial charge in [-0.1, -0.05) is 19.1 Å². The first-order chi connectivity index (χ1) is 13.1. The zero-order valence-corrected chi connectivity index (χ0v) is 15.8. The molecule has 27 heavy (non-hydrogen) atoms. The summed E-state index contributed by atoms with van der Waals surface area (Å²) < 4.78 is 5.12. The van der Waals surface area contributed by atoms with Gasteiger partial charge in [0, 0.05) is 32.0 Å². The van der Waals surface area contributed by atoms with Crippen LogP contribution < -0.4 is 10.1 Å². The van der Waals surface area contributed by atoms with Gasteiger partial charge in [0.15, 0.2) is 0 Å². The van der Waals surface area contributed by atoms with Gasteiger partial charge in [0.25, 0.3) is 11.8 Å². The summed E-state index contributed by atoms with van der Waals surface area (Å²) in [5.74, 6) is 0.970. The summed E-state index contributed by atoms with van der Waals surface area (Å²) in [4.78, 5) is 31.1. The summed E-state index contributed by atoms with van der Waals surface area (Å²) >= 11 is 0. The van der Waals surface area contributed by atoms with Crippen molar-refractivity contribution in [3.05, 3.63) is 59.4 Å². The molecule has 0 aliphatic carbocycles. The fraction of sp³-hybridized carbons (Fsp3) is 0.381. The molecule has 6 heteroatoms. The molecule has 0 saturated carbocycles. The Bertz CT molecular complexity index is 805. The molecule has 2 amide bonds. The number of nitrogens with one attached hydrogen (secondary N) is 1. The number of nitrogens with zero attached hydrogens (tertiary/aromatic N) is 2. The monoisotopic (exact) mass is 367 g/mol. The zero-order valence-electron chi connectivity index (χ0n) is 15.8. The average molecular weight is 367 g/mol. The number of hydrogen-bond donors (Lipinski definition) is 1. The van der Waals surface area contributed by atoms with E-state index in [2.05, 4.69) is 17.2 Å². The lowest BCUT2D eigenvalue weighted by molar-refractivity contribution is 0.0682. The maximum Gasteiger partial charge on any atom is 0.255 e. The Labute approximate surface area is 159 Å². The van der Waals surface area contributed by atoms with E-state index in [9.17, 15) is 9.59 Å². The third-order valence-electron chi connectivity index (χ3n) is 4.80. The molecule has 1 aromatic carbocycles. The van der Waals surface area contributed by atoms with Crippen LogP contribution in [-0.4, -0.2) is 41.9 Å². The molecular formula is C21H25N3O3. The quantitative estimate of drug-likeness (QED) is 0.882. The first-order valence-corrected chi connectivity index (χ1v) is 9.22. The number of rotatable bonds is 5. The number of likely N-dealkylation sites (tertiary alicyclic amines) is 1. The molecule has 1 saturated heterocycles. The van der Waals surface area contributed by atoms with Gasteiger partial charge >= 0.3 is 0 Å². The lowest BCUT2D eigenvalue weighted by Crippen LogP contribution is -2.39. The SMILES string of the molecule is COc1ccc(CNC(=O)c2cncc(C(=O)N3CCCC(C)C3)c2)cc1. The minimum absolute atomic E-state index is 0.0566. The van der Waals surface area contributed by atoms with Crippen LogP contribution in [0.25, 0.3) is 0 Å². The highest BCUT2D eigenvalue weighted by molar-refractivity contribution is 5.99. The fourth-order valence-corrected chi connectivity index (χ4v) is 3.27. The number of pyridine rings is 1. The van der Waals surface area contributed by atoms with Gasteiger partial charge in [-0.15, -0.1) is 0 Å². The maximum absolute atomic E-state index is 12.7. The normalized spacial score (nSPS) is 16.7. The van der Waals surface area contributed by atoms with Crippen LogP contribution in [-0.2, 0) is 6.54 Å².